The van der Waals surface area contributed by atoms with Crippen molar-refractivity contribution in [3.63, 3.8) is 0 Å². The second-order valence-corrected chi connectivity index (χ2v) is 13.9. The summed E-state index contributed by atoms with van der Waals surface area (Å²) in [5.74, 6) is -1.51. The van der Waals surface area contributed by atoms with Crippen LogP contribution < -0.4 is 0 Å². The zero-order valence-corrected chi connectivity index (χ0v) is 24.9. The zero-order valence-electron chi connectivity index (χ0n) is 24.9. The van der Waals surface area contributed by atoms with Crippen molar-refractivity contribution in [2.75, 3.05) is 0 Å². The summed E-state index contributed by atoms with van der Waals surface area (Å²) in [6, 6.07) is 0. The first-order chi connectivity index (χ1) is 18.2. The maximum atomic E-state index is 14.6. The maximum Gasteiger partial charge on any atom is 0.346 e. The molecule has 0 aromatic heterocycles. The van der Waals surface area contributed by atoms with Crippen LogP contribution >= 0.6 is 0 Å². The average molecular weight is 535 g/mol. The molecule has 2 N–H and O–H groups in total. The lowest BCUT2D eigenvalue weighted by molar-refractivity contribution is -0.162. The number of fused-ring (bicyclic) bond motifs is 4. The number of carbonyl (C=O) groups is 2. The van der Waals surface area contributed by atoms with E-state index >= 15 is 0 Å². The second kappa shape index (κ2) is 9.33. The van der Waals surface area contributed by atoms with Crippen LogP contribution in [-0.2, 0) is 14.3 Å². The largest absolute Gasteiger partial charge is 0.511 e. The number of aliphatic hydroxyl groups is 2. The number of carbonyl (C=O) groups excluding carboxylic acids is 2. The van der Waals surface area contributed by atoms with Crippen LogP contribution in [0.4, 0.5) is 0 Å². The summed E-state index contributed by atoms with van der Waals surface area (Å²) in [7, 11) is 0. The lowest BCUT2D eigenvalue weighted by atomic mass is 9.49. The van der Waals surface area contributed by atoms with E-state index in [-0.39, 0.29) is 40.9 Å². The lowest BCUT2D eigenvalue weighted by Crippen LogP contribution is -2.54. The van der Waals surface area contributed by atoms with E-state index in [2.05, 4.69) is 65.8 Å². The van der Waals surface area contributed by atoms with Gasteiger partial charge in [-0.05, 0) is 78.1 Å². The minimum absolute atomic E-state index is 0.0608. The van der Waals surface area contributed by atoms with Gasteiger partial charge in [0.25, 0.3) is 0 Å². The molecule has 212 valence electrons. The molecule has 0 amide bonds. The van der Waals surface area contributed by atoms with Gasteiger partial charge >= 0.3 is 5.97 Å². The molecule has 0 aromatic carbocycles. The molecule has 0 radical (unpaired) electrons. The number of esters is 1. The number of ether oxygens (including phenoxy) is 1. The Hall–Kier alpha value is -2.40. The molecule has 2 bridgehead atoms. The van der Waals surface area contributed by atoms with Gasteiger partial charge in [-0.15, -0.1) is 0 Å². The van der Waals surface area contributed by atoms with Crippen molar-refractivity contribution in [1.29, 1.82) is 0 Å². The Balaban J connectivity index is 1.82. The molecule has 5 rings (SSSR count). The van der Waals surface area contributed by atoms with Gasteiger partial charge in [0.1, 0.15) is 11.3 Å². The predicted octanol–water partition coefficient (Wildman–Crippen LogP) is 6.95. The number of ketones is 1. The van der Waals surface area contributed by atoms with Gasteiger partial charge in [-0.2, -0.15) is 0 Å². The van der Waals surface area contributed by atoms with Crippen LogP contribution in [0.25, 0.3) is 0 Å². The minimum Gasteiger partial charge on any atom is -0.511 e. The van der Waals surface area contributed by atoms with Crippen molar-refractivity contribution >= 4 is 11.8 Å². The van der Waals surface area contributed by atoms with Crippen LogP contribution in [0.5, 0.6) is 0 Å². The number of aliphatic hydroxyl groups excluding tert-OH is 2. The highest BCUT2D eigenvalue weighted by Crippen LogP contribution is 2.62. The van der Waals surface area contributed by atoms with Crippen LogP contribution in [0, 0.1) is 40.4 Å². The first kappa shape index (κ1) is 28.1. The molecule has 1 saturated carbocycles. The van der Waals surface area contributed by atoms with Crippen molar-refractivity contribution in [3.8, 4) is 0 Å². The first-order valence-electron chi connectivity index (χ1n) is 14.8. The van der Waals surface area contributed by atoms with Crippen LogP contribution in [0.1, 0.15) is 87.5 Å². The highest BCUT2D eigenvalue weighted by Gasteiger charge is 2.66. The summed E-state index contributed by atoms with van der Waals surface area (Å²) in [5, 5.41) is 23.5. The van der Waals surface area contributed by atoms with Crippen molar-refractivity contribution in [3.05, 3.63) is 57.9 Å². The molecule has 1 spiro atoms. The van der Waals surface area contributed by atoms with Gasteiger partial charge in [-0.3, -0.25) is 4.79 Å². The Kier molecular flexibility index (Phi) is 6.73. The Morgan fingerprint density at radius 1 is 0.974 bits per heavy atom. The average Bonchev–Trinajstić information content (AvgIpc) is 3.09. The minimum atomic E-state index is -1.40. The molecule has 5 aliphatic rings. The van der Waals surface area contributed by atoms with Crippen LogP contribution in [-0.4, -0.2) is 33.7 Å². The molecule has 9 atom stereocenters. The number of hydrogen-bond donors (Lipinski definition) is 2. The first-order valence-corrected chi connectivity index (χ1v) is 14.8. The monoisotopic (exact) mass is 534 g/mol. The fourth-order valence-corrected chi connectivity index (χ4v) is 9.27. The van der Waals surface area contributed by atoms with E-state index in [1.54, 1.807) is 0 Å². The summed E-state index contributed by atoms with van der Waals surface area (Å²) in [6.45, 7) is 16.6. The lowest BCUT2D eigenvalue weighted by Gasteiger charge is -2.55. The molecule has 0 aromatic rings. The van der Waals surface area contributed by atoms with E-state index in [9.17, 15) is 19.8 Å². The topological polar surface area (TPSA) is 83.8 Å². The Bertz CT molecular complexity index is 1260. The zero-order chi connectivity index (χ0) is 28.7. The molecule has 9 unspecified atom stereocenters. The highest BCUT2D eigenvalue weighted by molar-refractivity contribution is 6.26. The normalized spacial score (nSPS) is 49.3. The molecule has 39 heavy (non-hydrogen) atoms. The van der Waals surface area contributed by atoms with Gasteiger partial charge in [-0.1, -0.05) is 67.4 Å². The third kappa shape index (κ3) is 3.89. The van der Waals surface area contributed by atoms with Gasteiger partial charge in [0.15, 0.2) is 5.60 Å². The molecule has 5 heteroatoms. The summed E-state index contributed by atoms with van der Waals surface area (Å²) in [5.41, 5.74) is 1.15. The molecule has 5 nitrogen and oxygen atoms in total. The Morgan fingerprint density at radius 2 is 1.67 bits per heavy atom. The molecule has 1 aliphatic heterocycles. The van der Waals surface area contributed by atoms with Crippen molar-refractivity contribution in [1.82, 2.24) is 0 Å². The van der Waals surface area contributed by atoms with Crippen LogP contribution in [0.15, 0.2) is 57.9 Å². The summed E-state index contributed by atoms with van der Waals surface area (Å²) in [6.07, 6.45) is 11.7. The number of allylic oxidation sites excluding steroid dienone is 6. The Morgan fingerprint density at radius 3 is 2.36 bits per heavy atom. The third-order valence-corrected chi connectivity index (χ3v) is 11.2. The highest BCUT2D eigenvalue weighted by atomic mass is 16.6. The standard InChI is InChI=1S/C34H46O5/c1-18-10-9-11-19(2)27-21(4)14-24-25(35)13-12-20(3)28(24)33(27,8)29(36)26-30(37)34(39-31(26)38)17-23(6)22(5)16-32(34,7)15-18/h11,14-16,20,23-25,27-28,35-36H,9-10,12-13,17H2,1-8H3/b18-15+,19-11-,29-26-. The van der Waals surface area contributed by atoms with Gasteiger partial charge in [-0.25, -0.2) is 4.79 Å². The fraction of sp³-hybridized carbons (Fsp3) is 0.647. The van der Waals surface area contributed by atoms with Gasteiger partial charge < -0.3 is 14.9 Å². The SMILES string of the molecule is CC1=CC2(C)/C=C(\C)CC/C=C(/C)C3C(C)=CC4C(O)CCC(C)C4C3(C)/C(O)=C3/C(=O)OC2(CC1C)C3=O. The summed E-state index contributed by atoms with van der Waals surface area (Å²) >= 11 is 0. The van der Waals surface area contributed by atoms with Crippen molar-refractivity contribution in [2.24, 2.45) is 40.4 Å². The van der Waals surface area contributed by atoms with E-state index in [1.807, 2.05) is 13.8 Å². The molecular weight excluding hydrogens is 488 g/mol. The molecule has 1 heterocycles. The number of Topliss-reactive ketones (excluding diaryl/α,β-unsaturated/α-hetero) is 1. The molecular formula is C34H46O5. The van der Waals surface area contributed by atoms with E-state index in [1.165, 1.54) is 5.57 Å². The van der Waals surface area contributed by atoms with Crippen LogP contribution in [0.2, 0.25) is 0 Å². The fourth-order valence-electron chi connectivity index (χ4n) is 9.27. The van der Waals surface area contributed by atoms with E-state index in [0.717, 1.165) is 36.0 Å². The Labute approximate surface area is 233 Å². The second-order valence-electron chi connectivity index (χ2n) is 13.9. The molecule has 4 aliphatic carbocycles. The quantitative estimate of drug-likeness (QED) is 0.200. The van der Waals surface area contributed by atoms with Crippen LogP contribution in [0.3, 0.4) is 0 Å². The third-order valence-electron chi connectivity index (χ3n) is 11.2. The number of hydrogen-bond acceptors (Lipinski definition) is 5. The predicted molar refractivity (Wildman–Crippen MR) is 153 cm³/mol. The van der Waals surface area contributed by atoms with E-state index in [4.69, 9.17) is 4.74 Å². The number of rotatable bonds is 0. The van der Waals surface area contributed by atoms with E-state index in [0.29, 0.717) is 12.8 Å². The van der Waals surface area contributed by atoms with Crippen molar-refractivity contribution in [2.45, 2.75) is 99.2 Å². The van der Waals surface area contributed by atoms with Gasteiger partial charge in [0.05, 0.1) is 11.5 Å². The molecule has 1 saturated heterocycles. The smallest absolute Gasteiger partial charge is 0.346 e. The maximum absolute atomic E-state index is 14.6. The summed E-state index contributed by atoms with van der Waals surface area (Å²) < 4.78 is 6.20. The summed E-state index contributed by atoms with van der Waals surface area (Å²) in [4.78, 5) is 28.4. The van der Waals surface area contributed by atoms with Crippen molar-refractivity contribution < 1.29 is 24.5 Å². The molecule has 2 fully saturated rings. The van der Waals surface area contributed by atoms with E-state index < -0.39 is 34.3 Å². The van der Waals surface area contributed by atoms with Gasteiger partial charge in [0.2, 0.25) is 5.78 Å². The van der Waals surface area contributed by atoms with Gasteiger partial charge in [0, 0.05) is 23.7 Å².